The highest BCUT2D eigenvalue weighted by Gasteiger charge is 2.47. The van der Waals surface area contributed by atoms with E-state index >= 15 is 0 Å². The van der Waals surface area contributed by atoms with Gasteiger partial charge in [0.15, 0.2) is 5.78 Å². The molecule has 0 radical (unpaired) electrons. The number of allylic oxidation sites excluding steroid dienone is 1. The summed E-state index contributed by atoms with van der Waals surface area (Å²) >= 11 is 0. The monoisotopic (exact) mass is 796 g/mol. The van der Waals surface area contributed by atoms with Crippen molar-refractivity contribution in [2.45, 2.75) is 132 Å². The van der Waals surface area contributed by atoms with Gasteiger partial charge in [0.2, 0.25) is 11.8 Å². The van der Waals surface area contributed by atoms with Gasteiger partial charge in [0.25, 0.3) is 0 Å². The highest BCUT2D eigenvalue weighted by Crippen LogP contribution is 2.43. The van der Waals surface area contributed by atoms with Crippen LogP contribution in [0.2, 0.25) is 0 Å². The van der Waals surface area contributed by atoms with Crippen LogP contribution in [-0.2, 0) is 44.6 Å². The third kappa shape index (κ3) is 11.8. The third-order valence-electron chi connectivity index (χ3n) is 9.89. The van der Waals surface area contributed by atoms with Crippen LogP contribution in [0.1, 0.15) is 117 Å². The first-order valence-corrected chi connectivity index (χ1v) is 18.6. The second-order valence-electron chi connectivity index (χ2n) is 17.1. The van der Waals surface area contributed by atoms with E-state index in [0.717, 1.165) is 24.3 Å². The Morgan fingerprint density at radius 3 is 1.46 bits per heavy atom. The van der Waals surface area contributed by atoms with Crippen LogP contribution in [0, 0.1) is 22.7 Å². The standard InChI is InChI=1S/C21H28F3NO3.C21H26F3NO3/c2*1-13(2)20(9-8-16(26)11-20)18(27)25-12-14-10-15(21(22,23)24)6-7-17(14)28-19(3,4)5/h6-7,10,13H,8-9,11-12H2,1-5H3,(H,25,27);6-10,13H,11-12H2,1-5H3,(H,25,27)/t2*20-/m00/s1. The summed E-state index contributed by atoms with van der Waals surface area (Å²) in [5.74, 6) is -0.400. The Morgan fingerprint density at radius 2 is 1.14 bits per heavy atom. The Kier molecular flexibility index (Phi) is 14.0. The maximum Gasteiger partial charge on any atom is 0.416 e. The van der Waals surface area contributed by atoms with Crippen molar-refractivity contribution >= 4 is 23.4 Å². The van der Waals surface area contributed by atoms with Crippen molar-refractivity contribution in [2.24, 2.45) is 22.7 Å². The van der Waals surface area contributed by atoms with Crippen LogP contribution >= 0.6 is 0 Å². The average molecular weight is 797 g/mol. The lowest BCUT2D eigenvalue weighted by molar-refractivity contribution is -0.138. The minimum absolute atomic E-state index is 0.0414. The maximum atomic E-state index is 13.1. The molecule has 8 nitrogen and oxygen atoms in total. The zero-order chi connectivity index (χ0) is 42.7. The minimum atomic E-state index is -4.50. The van der Waals surface area contributed by atoms with Crippen molar-refractivity contribution in [3.63, 3.8) is 0 Å². The summed E-state index contributed by atoms with van der Waals surface area (Å²) < 4.78 is 90.3. The number of hydrogen-bond acceptors (Lipinski definition) is 6. The lowest BCUT2D eigenvalue weighted by atomic mass is 9.75. The summed E-state index contributed by atoms with van der Waals surface area (Å²) in [4.78, 5) is 49.2. The fraction of sp³-hybridized carbons (Fsp3) is 0.571. The molecule has 0 heterocycles. The summed E-state index contributed by atoms with van der Waals surface area (Å²) in [5.41, 5.74) is -4.13. The Labute approximate surface area is 325 Å². The van der Waals surface area contributed by atoms with Crippen molar-refractivity contribution in [3.05, 3.63) is 70.8 Å². The number of amides is 2. The van der Waals surface area contributed by atoms with E-state index in [2.05, 4.69) is 10.6 Å². The maximum absolute atomic E-state index is 13.1. The lowest BCUT2D eigenvalue weighted by Gasteiger charge is -2.31. The number of hydrogen-bond donors (Lipinski definition) is 2. The van der Waals surface area contributed by atoms with Crippen LogP contribution in [0.3, 0.4) is 0 Å². The molecular weight excluding hydrogens is 742 g/mol. The molecule has 310 valence electrons. The van der Waals surface area contributed by atoms with Crippen LogP contribution in [0.15, 0.2) is 48.6 Å². The van der Waals surface area contributed by atoms with Crippen LogP contribution in [0.4, 0.5) is 26.3 Å². The molecule has 2 N–H and O–H groups in total. The molecule has 2 atom stereocenters. The van der Waals surface area contributed by atoms with Gasteiger partial charge in [-0.05, 0) is 102 Å². The largest absolute Gasteiger partial charge is 0.488 e. The van der Waals surface area contributed by atoms with Gasteiger partial charge in [-0.3, -0.25) is 19.2 Å². The number of carbonyl (C=O) groups is 4. The van der Waals surface area contributed by atoms with Gasteiger partial charge >= 0.3 is 12.4 Å². The quantitative estimate of drug-likeness (QED) is 0.232. The van der Waals surface area contributed by atoms with Gasteiger partial charge in [-0.2, -0.15) is 26.3 Å². The fourth-order valence-corrected chi connectivity index (χ4v) is 6.64. The lowest BCUT2D eigenvalue weighted by Crippen LogP contribution is -2.42. The normalized spacial score (nSPS) is 20.2. The second-order valence-corrected chi connectivity index (χ2v) is 17.1. The molecule has 0 unspecified atom stereocenters. The number of benzene rings is 2. The van der Waals surface area contributed by atoms with Gasteiger partial charge in [-0.1, -0.05) is 33.8 Å². The van der Waals surface area contributed by atoms with Crippen LogP contribution in [0.25, 0.3) is 0 Å². The summed E-state index contributed by atoms with van der Waals surface area (Å²) in [6.45, 7) is 18.0. The number of nitrogens with one attached hydrogen (secondary N) is 2. The summed E-state index contributed by atoms with van der Waals surface area (Å²) in [6.07, 6.45) is -4.97. The first kappa shape index (κ1) is 46.0. The molecule has 4 rings (SSSR count). The molecule has 1 fully saturated rings. The molecule has 56 heavy (non-hydrogen) atoms. The number of alkyl halides is 6. The number of ether oxygens (including phenoxy) is 2. The van der Waals surface area contributed by atoms with Gasteiger partial charge < -0.3 is 20.1 Å². The van der Waals surface area contributed by atoms with Crippen molar-refractivity contribution < 1.29 is 55.0 Å². The van der Waals surface area contributed by atoms with E-state index in [1.54, 1.807) is 47.6 Å². The summed E-state index contributed by atoms with van der Waals surface area (Å²) in [6, 6.07) is 6.47. The molecule has 0 spiro atoms. The fourth-order valence-electron chi connectivity index (χ4n) is 6.64. The van der Waals surface area contributed by atoms with Crippen molar-refractivity contribution in [1.29, 1.82) is 0 Å². The van der Waals surface area contributed by atoms with Gasteiger partial charge in [0.05, 0.1) is 22.0 Å². The van der Waals surface area contributed by atoms with E-state index in [0.29, 0.717) is 18.6 Å². The van der Waals surface area contributed by atoms with Crippen molar-refractivity contribution in [3.8, 4) is 11.5 Å². The van der Waals surface area contributed by atoms with Crippen LogP contribution in [-0.4, -0.2) is 34.6 Å². The highest BCUT2D eigenvalue weighted by molar-refractivity contribution is 6.01. The zero-order valence-corrected chi connectivity index (χ0v) is 33.7. The van der Waals surface area contributed by atoms with Gasteiger partial charge in [0, 0.05) is 43.5 Å². The van der Waals surface area contributed by atoms with Gasteiger partial charge in [-0.15, -0.1) is 0 Å². The van der Waals surface area contributed by atoms with E-state index in [1.807, 2.05) is 27.7 Å². The molecule has 0 aliphatic heterocycles. The Morgan fingerprint density at radius 1 is 0.696 bits per heavy atom. The van der Waals surface area contributed by atoms with Crippen molar-refractivity contribution in [2.75, 3.05) is 0 Å². The Balaban J connectivity index is 0.000000300. The smallest absolute Gasteiger partial charge is 0.416 e. The molecule has 2 aliphatic rings. The van der Waals surface area contributed by atoms with E-state index in [1.165, 1.54) is 18.2 Å². The molecule has 0 saturated heterocycles. The van der Waals surface area contributed by atoms with Crippen LogP contribution < -0.4 is 20.1 Å². The molecule has 14 heteroatoms. The molecule has 2 aliphatic carbocycles. The van der Waals surface area contributed by atoms with Gasteiger partial charge in [0.1, 0.15) is 28.5 Å². The van der Waals surface area contributed by atoms with E-state index in [4.69, 9.17) is 9.47 Å². The minimum Gasteiger partial charge on any atom is -0.488 e. The molecular formula is C42H54F6N2O6. The first-order chi connectivity index (χ1) is 25.5. The molecule has 0 aromatic heterocycles. The number of rotatable bonds is 10. The van der Waals surface area contributed by atoms with E-state index in [-0.39, 0.29) is 78.0 Å². The highest BCUT2D eigenvalue weighted by atomic mass is 19.4. The molecule has 1 saturated carbocycles. The first-order valence-electron chi connectivity index (χ1n) is 18.6. The topological polar surface area (TPSA) is 111 Å². The molecule has 0 bridgehead atoms. The molecule has 2 aromatic rings. The van der Waals surface area contributed by atoms with Gasteiger partial charge in [-0.25, -0.2) is 0 Å². The van der Waals surface area contributed by atoms with E-state index in [9.17, 15) is 45.5 Å². The predicted molar refractivity (Wildman–Crippen MR) is 200 cm³/mol. The third-order valence-corrected chi connectivity index (χ3v) is 9.89. The molecule has 2 aromatic carbocycles. The Hall–Kier alpha value is -4.36. The van der Waals surface area contributed by atoms with Crippen LogP contribution in [0.5, 0.6) is 11.5 Å². The molecule has 2 amide bonds. The predicted octanol–water partition coefficient (Wildman–Crippen LogP) is 9.56. The number of halogens is 6. The van der Waals surface area contributed by atoms with Crippen molar-refractivity contribution in [1.82, 2.24) is 10.6 Å². The van der Waals surface area contributed by atoms with E-state index < -0.39 is 45.5 Å². The average Bonchev–Trinajstić information content (AvgIpc) is 3.65. The Bertz CT molecular complexity index is 1800. The SMILES string of the molecule is CC(C)[C@]1(C(=O)NCc2cc(C(F)(F)F)ccc2OC(C)(C)C)C=CC(=O)C1.CC(C)[C@]1(C(=O)NCc2cc(C(F)(F)F)ccc2OC(C)(C)C)CCC(=O)C1. The summed E-state index contributed by atoms with van der Waals surface area (Å²) in [5, 5.41) is 5.45. The number of carbonyl (C=O) groups excluding carboxylic acids is 4. The number of ketones is 2. The second kappa shape index (κ2) is 17.0. The summed E-state index contributed by atoms with van der Waals surface area (Å²) in [7, 11) is 0. The zero-order valence-electron chi connectivity index (χ0n) is 33.7. The number of Topliss-reactive ketones (excluding diaryl/α,β-unsaturated/α-hetero) is 1.